The molecule has 0 amide bonds. The first-order valence-corrected chi connectivity index (χ1v) is 6.14. The summed E-state index contributed by atoms with van der Waals surface area (Å²) in [5, 5.41) is 0.584. The molecule has 0 bridgehead atoms. The third-order valence-electron chi connectivity index (χ3n) is 2.19. The minimum absolute atomic E-state index is 0.285. The summed E-state index contributed by atoms with van der Waals surface area (Å²) >= 11 is 13.5. The van der Waals surface area contributed by atoms with Crippen LogP contribution in [0.3, 0.4) is 0 Å². The molecule has 0 fully saturated rings. The summed E-state index contributed by atoms with van der Waals surface area (Å²) in [7, 11) is 0. The number of halogens is 3. The van der Waals surface area contributed by atoms with E-state index in [1.807, 2.05) is 0 Å². The Morgan fingerprint density at radius 3 is 2.56 bits per heavy atom. The predicted molar refractivity (Wildman–Crippen MR) is 71.8 cm³/mol. The fourth-order valence-corrected chi connectivity index (χ4v) is 2.60. The third kappa shape index (κ3) is 2.26. The van der Waals surface area contributed by atoms with Gasteiger partial charge in [0.2, 0.25) is 0 Å². The average Bonchev–Trinajstić information content (AvgIpc) is 2.20. The van der Waals surface area contributed by atoms with Gasteiger partial charge in [-0.2, -0.15) is 0 Å². The SMILES string of the molecule is Fc1cccc(Br)c1-c1ccc(Cl)cc1S. The molecule has 0 atom stereocenters. The van der Waals surface area contributed by atoms with Crippen LogP contribution in [-0.4, -0.2) is 0 Å². The number of hydrogen-bond donors (Lipinski definition) is 1. The Hall–Kier alpha value is -0.510. The van der Waals surface area contributed by atoms with Crippen LogP contribution in [0.1, 0.15) is 0 Å². The van der Waals surface area contributed by atoms with Gasteiger partial charge in [-0.15, -0.1) is 12.6 Å². The standard InChI is InChI=1S/C12H7BrClFS/c13-9-2-1-3-10(15)12(9)8-5-4-7(14)6-11(8)16/h1-6,16H. The minimum Gasteiger partial charge on any atom is -0.206 e. The molecule has 0 aliphatic rings. The van der Waals surface area contributed by atoms with Crippen LogP contribution in [0.4, 0.5) is 4.39 Å². The maximum absolute atomic E-state index is 13.7. The van der Waals surface area contributed by atoms with Gasteiger partial charge in [0.05, 0.1) is 0 Å². The Kier molecular flexibility index (Phi) is 3.57. The van der Waals surface area contributed by atoms with Crippen LogP contribution in [0.25, 0.3) is 11.1 Å². The summed E-state index contributed by atoms with van der Waals surface area (Å²) < 4.78 is 14.4. The molecule has 0 heterocycles. The number of hydrogen-bond acceptors (Lipinski definition) is 1. The molecular weight excluding hydrogens is 311 g/mol. The number of benzene rings is 2. The lowest BCUT2D eigenvalue weighted by Crippen LogP contribution is -1.87. The Labute approximate surface area is 112 Å². The molecule has 4 heteroatoms. The summed E-state index contributed by atoms with van der Waals surface area (Å²) in [4.78, 5) is 0.651. The second-order valence-electron chi connectivity index (χ2n) is 3.26. The van der Waals surface area contributed by atoms with Crippen molar-refractivity contribution in [3.05, 3.63) is 51.7 Å². The topological polar surface area (TPSA) is 0 Å². The van der Waals surface area contributed by atoms with Crippen molar-refractivity contribution in [3.63, 3.8) is 0 Å². The molecule has 0 aliphatic heterocycles. The molecule has 2 rings (SSSR count). The first-order valence-electron chi connectivity index (χ1n) is 4.52. The third-order valence-corrected chi connectivity index (χ3v) is 3.46. The van der Waals surface area contributed by atoms with E-state index in [1.165, 1.54) is 6.07 Å². The molecule has 0 radical (unpaired) electrons. The largest absolute Gasteiger partial charge is 0.206 e. The summed E-state index contributed by atoms with van der Waals surface area (Å²) in [6.07, 6.45) is 0. The highest BCUT2D eigenvalue weighted by Crippen LogP contribution is 2.35. The van der Waals surface area contributed by atoms with Gasteiger partial charge in [0.15, 0.2) is 0 Å². The van der Waals surface area contributed by atoms with Crippen molar-refractivity contribution < 1.29 is 4.39 Å². The lowest BCUT2D eigenvalue weighted by atomic mass is 10.1. The zero-order valence-corrected chi connectivity index (χ0v) is 11.3. The molecule has 0 saturated heterocycles. The van der Waals surface area contributed by atoms with Crippen molar-refractivity contribution in [2.75, 3.05) is 0 Å². The maximum Gasteiger partial charge on any atom is 0.132 e. The Morgan fingerprint density at radius 2 is 1.94 bits per heavy atom. The smallest absolute Gasteiger partial charge is 0.132 e. The van der Waals surface area contributed by atoms with Crippen LogP contribution >= 0.6 is 40.2 Å². The Balaban J connectivity index is 2.68. The normalized spacial score (nSPS) is 10.5. The van der Waals surface area contributed by atoms with E-state index < -0.39 is 0 Å². The zero-order valence-electron chi connectivity index (χ0n) is 8.05. The summed E-state index contributed by atoms with van der Waals surface area (Å²) in [5.74, 6) is -0.285. The van der Waals surface area contributed by atoms with E-state index in [4.69, 9.17) is 11.6 Å². The molecule has 2 aromatic carbocycles. The van der Waals surface area contributed by atoms with Crippen molar-refractivity contribution >= 4 is 40.2 Å². The second kappa shape index (κ2) is 4.78. The van der Waals surface area contributed by atoms with Gasteiger partial charge in [-0.1, -0.05) is 39.7 Å². The van der Waals surface area contributed by atoms with E-state index in [0.29, 0.717) is 20.0 Å². The highest BCUT2D eigenvalue weighted by Gasteiger charge is 2.11. The maximum atomic E-state index is 13.7. The van der Waals surface area contributed by atoms with Crippen LogP contribution in [0.2, 0.25) is 5.02 Å². The quantitative estimate of drug-likeness (QED) is 0.687. The van der Waals surface area contributed by atoms with Crippen molar-refractivity contribution in [2.45, 2.75) is 4.90 Å². The van der Waals surface area contributed by atoms with E-state index >= 15 is 0 Å². The zero-order chi connectivity index (χ0) is 11.7. The second-order valence-corrected chi connectivity index (χ2v) is 5.03. The van der Waals surface area contributed by atoms with Crippen LogP contribution in [0, 0.1) is 5.82 Å². The molecule has 82 valence electrons. The van der Waals surface area contributed by atoms with Gasteiger partial charge in [-0.25, -0.2) is 4.39 Å². The van der Waals surface area contributed by atoms with Crippen molar-refractivity contribution in [3.8, 4) is 11.1 Å². The predicted octanol–water partition coefficient (Wildman–Crippen LogP) is 5.20. The first kappa shape index (κ1) is 12.0. The molecule has 0 unspecified atom stereocenters. The Bertz CT molecular complexity index is 522. The van der Waals surface area contributed by atoms with Gasteiger partial charge in [0.25, 0.3) is 0 Å². The van der Waals surface area contributed by atoms with Gasteiger partial charge < -0.3 is 0 Å². The number of thiol groups is 1. The molecule has 0 aromatic heterocycles. The van der Waals surface area contributed by atoms with E-state index in [-0.39, 0.29) is 5.82 Å². The summed E-state index contributed by atoms with van der Waals surface area (Å²) in [6.45, 7) is 0. The molecular formula is C12H7BrClFS. The molecule has 2 aromatic rings. The minimum atomic E-state index is -0.285. The lowest BCUT2D eigenvalue weighted by Gasteiger charge is -2.09. The van der Waals surface area contributed by atoms with Crippen LogP contribution in [-0.2, 0) is 0 Å². The van der Waals surface area contributed by atoms with E-state index in [0.717, 1.165) is 5.56 Å². The summed E-state index contributed by atoms with van der Waals surface area (Å²) in [6, 6.07) is 10.0. The van der Waals surface area contributed by atoms with Crippen LogP contribution < -0.4 is 0 Å². The fourth-order valence-electron chi connectivity index (χ4n) is 1.47. The van der Waals surface area contributed by atoms with E-state index in [9.17, 15) is 4.39 Å². The van der Waals surface area contributed by atoms with Gasteiger partial charge in [-0.05, 0) is 29.8 Å². The molecule has 0 aliphatic carbocycles. The van der Waals surface area contributed by atoms with Gasteiger partial charge in [0, 0.05) is 20.0 Å². The molecule has 0 spiro atoms. The molecule has 0 saturated carbocycles. The van der Waals surface area contributed by atoms with Crippen molar-refractivity contribution in [1.82, 2.24) is 0 Å². The average molecular weight is 318 g/mol. The highest BCUT2D eigenvalue weighted by molar-refractivity contribution is 9.10. The van der Waals surface area contributed by atoms with E-state index in [1.54, 1.807) is 30.3 Å². The summed E-state index contributed by atoms with van der Waals surface area (Å²) in [5.41, 5.74) is 1.22. The van der Waals surface area contributed by atoms with Crippen LogP contribution in [0.15, 0.2) is 45.8 Å². The fraction of sp³-hybridized carbons (Fsp3) is 0. The molecule has 0 N–H and O–H groups in total. The van der Waals surface area contributed by atoms with Crippen molar-refractivity contribution in [2.24, 2.45) is 0 Å². The monoisotopic (exact) mass is 316 g/mol. The molecule has 0 nitrogen and oxygen atoms in total. The van der Waals surface area contributed by atoms with Gasteiger partial charge in [0.1, 0.15) is 5.82 Å². The van der Waals surface area contributed by atoms with Crippen molar-refractivity contribution in [1.29, 1.82) is 0 Å². The first-order chi connectivity index (χ1) is 7.59. The van der Waals surface area contributed by atoms with Crippen LogP contribution in [0.5, 0.6) is 0 Å². The molecule has 16 heavy (non-hydrogen) atoms. The Morgan fingerprint density at radius 1 is 1.19 bits per heavy atom. The van der Waals surface area contributed by atoms with Gasteiger partial charge in [-0.3, -0.25) is 0 Å². The van der Waals surface area contributed by atoms with E-state index in [2.05, 4.69) is 28.6 Å². The van der Waals surface area contributed by atoms with Gasteiger partial charge >= 0.3 is 0 Å². The highest BCUT2D eigenvalue weighted by atomic mass is 79.9. The number of rotatable bonds is 1. The lowest BCUT2D eigenvalue weighted by molar-refractivity contribution is 0.630.